The molecule has 1 aromatic heterocycles. The van der Waals surface area contributed by atoms with E-state index in [4.69, 9.17) is 9.47 Å². The van der Waals surface area contributed by atoms with Crippen LogP contribution >= 0.6 is 15.9 Å². The monoisotopic (exact) mass is 508 g/mol. The van der Waals surface area contributed by atoms with Crippen LogP contribution < -0.4 is 10.1 Å². The van der Waals surface area contributed by atoms with Gasteiger partial charge in [-0.25, -0.2) is 9.59 Å². The van der Waals surface area contributed by atoms with Gasteiger partial charge in [0.05, 0.1) is 11.7 Å². The van der Waals surface area contributed by atoms with Gasteiger partial charge in [0.25, 0.3) is 0 Å². The quantitative estimate of drug-likeness (QED) is 0.466. The number of ether oxygens (including phenoxy) is 3. The number of benzene rings is 1. The zero-order valence-electron chi connectivity index (χ0n) is 17.0. The van der Waals surface area contributed by atoms with Crippen molar-refractivity contribution in [2.75, 3.05) is 7.11 Å². The first-order chi connectivity index (χ1) is 14.2. The lowest BCUT2D eigenvalue weighted by Gasteiger charge is -2.19. The van der Waals surface area contributed by atoms with Gasteiger partial charge in [0.2, 0.25) is 0 Å². The van der Waals surface area contributed by atoms with Gasteiger partial charge in [-0.15, -0.1) is 0 Å². The molecule has 1 heterocycles. The fraction of sp³-hybridized carbons (Fsp3) is 0.421. The number of aromatic amines is 1. The number of aromatic nitrogens is 1. The minimum atomic E-state index is -5.17. The van der Waals surface area contributed by atoms with E-state index in [-0.39, 0.29) is 12.2 Å². The second-order valence-corrected chi connectivity index (χ2v) is 8.24. The maximum absolute atomic E-state index is 12.6. The van der Waals surface area contributed by atoms with E-state index < -0.39 is 35.9 Å². The SMILES string of the molecule is COC(=O)[C@H](Cc1c(Br)[nH]c2ccc(OC(=O)OC(C)(C)C)cc12)NC(=O)C(F)(F)F. The maximum Gasteiger partial charge on any atom is 0.514 e. The normalized spacial score (nSPS) is 12.9. The fourth-order valence-corrected chi connectivity index (χ4v) is 3.19. The number of hydrogen-bond acceptors (Lipinski definition) is 6. The Morgan fingerprint density at radius 1 is 1.19 bits per heavy atom. The zero-order chi connectivity index (χ0) is 23.6. The second kappa shape index (κ2) is 9.16. The molecule has 0 saturated heterocycles. The van der Waals surface area contributed by atoms with Crippen molar-refractivity contribution in [3.63, 3.8) is 0 Å². The van der Waals surface area contributed by atoms with Gasteiger partial charge in [-0.3, -0.25) is 4.79 Å². The average molecular weight is 509 g/mol. The van der Waals surface area contributed by atoms with Crippen LogP contribution in [-0.4, -0.2) is 47.9 Å². The van der Waals surface area contributed by atoms with E-state index in [1.807, 2.05) is 0 Å². The lowest BCUT2D eigenvalue weighted by molar-refractivity contribution is -0.175. The van der Waals surface area contributed by atoms with E-state index >= 15 is 0 Å². The molecular formula is C19H20BrF3N2O6. The predicted molar refractivity (Wildman–Crippen MR) is 107 cm³/mol. The summed E-state index contributed by atoms with van der Waals surface area (Å²) in [7, 11) is 0.992. The Labute approximate surface area is 183 Å². The molecule has 1 aromatic carbocycles. The van der Waals surface area contributed by atoms with Gasteiger partial charge in [-0.1, -0.05) is 0 Å². The average Bonchev–Trinajstić information content (AvgIpc) is 2.92. The lowest BCUT2D eigenvalue weighted by atomic mass is 10.0. The summed E-state index contributed by atoms with van der Waals surface area (Å²) >= 11 is 3.26. The van der Waals surface area contributed by atoms with Crippen molar-refractivity contribution in [1.82, 2.24) is 10.3 Å². The smallest absolute Gasteiger partial charge is 0.467 e. The largest absolute Gasteiger partial charge is 0.514 e. The van der Waals surface area contributed by atoms with Gasteiger partial charge in [0, 0.05) is 17.3 Å². The number of esters is 1. The standard InChI is InChI=1S/C19H20BrF3N2O6/c1-18(2,3)31-17(28)30-9-5-6-12-10(7-9)11(14(20)24-12)8-13(15(26)29-4)25-16(27)19(21,22)23/h5-7,13,24H,8H2,1-4H3,(H,25,27)/t13-/m0/s1. The molecule has 2 aromatic rings. The first-order valence-electron chi connectivity index (χ1n) is 8.87. The highest BCUT2D eigenvalue weighted by atomic mass is 79.9. The third kappa shape index (κ3) is 6.61. The molecule has 170 valence electrons. The summed E-state index contributed by atoms with van der Waals surface area (Å²) in [6, 6.07) is 2.91. The van der Waals surface area contributed by atoms with Crippen LogP contribution in [-0.2, 0) is 25.5 Å². The molecule has 0 aliphatic heterocycles. The molecule has 0 bridgehead atoms. The van der Waals surface area contributed by atoms with Crippen molar-refractivity contribution < 1.29 is 41.8 Å². The van der Waals surface area contributed by atoms with Crippen LogP contribution in [0.2, 0.25) is 0 Å². The number of fused-ring (bicyclic) bond motifs is 1. The Bertz CT molecular complexity index is 997. The Morgan fingerprint density at radius 3 is 2.39 bits per heavy atom. The first kappa shape index (κ1) is 24.5. The fourth-order valence-electron chi connectivity index (χ4n) is 2.60. The van der Waals surface area contributed by atoms with Crippen LogP contribution in [0.15, 0.2) is 22.8 Å². The number of hydrogen-bond donors (Lipinski definition) is 2. The molecule has 8 nitrogen and oxygen atoms in total. The highest BCUT2D eigenvalue weighted by Gasteiger charge is 2.41. The van der Waals surface area contributed by atoms with Crippen molar-refractivity contribution in [2.45, 2.75) is 45.0 Å². The molecule has 0 unspecified atom stereocenters. The zero-order valence-corrected chi connectivity index (χ0v) is 18.6. The van der Waals surface area contributed by atoms with Crippen LogP contribution in [0.5, 0.6) is 5.75 Å². The van der Waals surface area contributed by atoms with E-state index in [0.29, 0.717) is 21.1 Å². The van der Waals surface area contributed by atoms with Crippen LogP contribution in [0.3, 0.4) is 0 Å². The predicted octanol–water partition coefficient (Wildman–Crippen LogP) is 4.01. The first-order valence-corrected chi connectivity index (χ1v) is 9.67. The van der Waals surface area contributed by atoms with Crippen molar-refractivity contribution >= 4 is 44.9 Å². The van der Waals surface area contributed by atoms with Crippen molar-refractivity contribution in [3.8, 4) is 5.75 Å². The summed E-state index contributed by atoms with van der Waals surface area (Å²) in [6.07, 6.45) is -6.43. The van der Waals surface area contributed by atoms with Crippen molar-refractivity contribution in [2.24, 2.45) is 0 Å². The van der Waals surface area contributed by atoms with E-state index in [1.54, 1.807) is 32.2 Å². The van der Waals surface area contributed by atoms with Gasteiger partial charge in [-0.2, -0.15) is 13.2 Å². The van der Waals surface area contributed by atoms with Crippen LogP contribution in [0.1, 0.15) is 26.3 Å². The summed E-state index contributed by atoms with van der Waals surface area (Å²) in [5.41, 5.74) is 0.139. The summed E-state index contributed by atoms with van der Waals surface area (Å²) in [5, 5.41) is 2.08. The molecule has 2 rings (SSSR count). The number of amides is 1. The van der Waals surface area contributed by atoms with E-state index in [0.717, 1.165) is 7.11 Å². The molecule has 1 amide bonds. The van der Waals surface area contributed by atoms with Gasteiger partial charge >= 0.3 is 24.2 Å². The highest BCUT2D eigenvalue weighted by Crippen LogP contribution is 2.31. The molecule has 12 heteroatoms. The number of carbonyl (C=O) groups excluding carboxylic acids is 3. The third-order valence-electron chi connectivity index (χ3n) is 3.87. The van der Waals surface area contributed by atoms with Gasteiger partial charge in [-0.05, 0) is 60.5 Å². The number of halogens is 4. The number of carbonyl (C=O) groups is 3. The van der Waals surface area contributed by atoms with E-state index in [2.05, 4.69) is 25.7 Å². The molecule has 2 N–H and O–H groups in total. The number of methoxy groups -OCH3 is 1. The molecule has 0 spiro atoms. The number of rotatable bonds is 5. The molecule has 1 atom stereocenters. The number of alkyl halides is 3. The number of nitrogens with one attached hydrogen (secondary N) is 2. The summed E-state index contributed by atoms with van der Waals surface area (Å²) in [6.45, 7) is 5.00. The van der Waals surface area contributed by atoms with E-state index in [9.17, 15) is 27.6 Å². The molecule has 31 heavy (non-hydrogen) atoms. The second-order valence-electron chi connectivity index (χ2n) is 7.44. The van der Waals surface area contributed by atoms with E-state index in [1.165, 1.54) is 12.1 Å². The Morgan fingerprint density at radius 2 is 1.84 bits per heavy atom. The molecule has 0 fully saturated rings. The molecule has 0 aliphatic rings. The van der Waals surface area contributed by atoms with Gasteiger partial charge in [0.1, 0.15) is 17.4 Å². The van der Waals surface area contributed by atoms with Crippen LogP contribution in [0.25, 0.3) is 10.9 Å². The molecule has 0 saturated carbocycles. The van der Waals surface area contributed by atoms with Gasteiger partial charge < -0.3 is 24.5 Å². The molecule has 0 aliphatic carbocycles. The Balaban J connectivity index is 2.34. The summed E-state index contributed by atoms with van der Waals surface area (Å²) in [5.74, 6) is -3.21. The minimum Gasteiger partial charge on any atom is -0.467 e. The molecule has 0 radical (unpaired) electrons. The van der Waals surface area contributed by atoms with Crippen LogP contribution in [0.4, 0.5) is 18.0 Å². The van der Waals surface area contributed by atoms with Crippen molar-refractivity contribution in [3.05, 3.63) is 28.4 Å². The lowest BCUT2D eigenvalue weighted by Crippen LogP contribution is -2.48. The van der Waals surface area contributed by atoms with Gasteiger partial charge in [0.15, 0.2) is 0 Å². The Hall–Kier alpha value is -2.76. The third-order valence-corrected chi connectivity index (χ3v) is 4.55. The highest BCUT2D eigenvalue weighted by molar-refractivity contribution is 9.10. The van der Waals surface area contributed by atoms with Crippen LogP contribution in [0, 0.1) is 0 Å². The van der Waals surface area contributed by atoms with Crippen molar-refractivity contribution in [1.29, 1.82) is 0 Å². The summed E-state index contributed by atoms with van der Waals surface area (Å²) < 4.78 is 53.0. The number of H-pyrrole nitrogens is 1. The minimum absolute atomic E-state index is 0.114. The maximum atomic E-state index is 12.6. The topological polar surface area (TPSA) is 107 Å². The molecular weight excluding hydrogens is 489 g/mol. The summed E-state index contributed by atoms with van der Waals surface area (Å²) in [4.78, 5) is 38.2. The Kier molecular flexibility index (Phi) is 7.25.